The minimum atomic E-state index is -0.497. The molecular weight excluding hydrogens is 397 g/mol. The molecule has 31 heavy (non-hydrogen) atoms. The second-order valence-electron chi connectivity index (χ2n) is 8.23. The van der Waals surface area contributed by atoms with Crippen molar-refractivity contribution >= 4 is 34.0 Å². The number of halogens is 1. The Kier molecular flexibility index (Phi) is 3.94. The molecule has 3 fully saturated rings. The number of hydrogen-bond acceptors (Lipinski definition) is 6. The highest BCUT2D eigenvalue weighted by Crippen LogP contribution is 2.32. The van der Waals surface area contributed by atoms with Crippen molar-refractivity contribution in [1.29, 1.82) is 0 Å². The molecule has 156 valence electrons. The van der Waals surface area contributed by atoms with Crippen LogP contribution in [-0.4, -0.2) is 50.4 Å². The maximum absolute atomic E-state index is 14.4. The summed E-state index contributed by atoms with van der Waals surface area (Å²) >= 11 is 0. The number of fused-ring (bicyclic) bond motifs is 4. The number of pyridine rings is 1. The number of aromatic nitrogens is 4. The molecule has 1 amide bonds. The van der Waals surface area contributed by atoms with Gasteiger partial charge in [-0.05, 0) is 25.5 Å². The summed E-state index contributed by atoms with van der Waals surface area (Å²) in [6, 6.07) is 5.98. The third-order valence-corrected chi connectivity index (χ3v) is 6.00. The first-order chi connectivity index (χ1) is 15.0. The average molecular weight is 417 g/mol. The maximum Gasteiger partial charge on any atom is 0.257 e. The highest BCUT2D eigenvalue weighted by molar-refractivity contribution is 6.13. The first-order valence-electron chi connectivity index (χ1n) is 10.3. The first-order valence-corrected chi connectivity index (χ1v) is 10.3. The van der Waals surface area contributed by atoms with Crippen molar-refractivity contribution in [3.8, 4) is 0 Å². The van der Waals surface area contributed by atoms with Crippen molar-refractivity contribution in [2.24, 2.45) is 0 Å². The Bertz CT molecular complexity index is 1330. The van der Waals surface area contributed by atoms with Crippen molar-refractivity contribution in [3.63, 3.8) is 0 Å². The number of carbonyl (C=O) groups is 1. The van der Waals surface area contributed by atoms with E-state index in [1.165, 1.54) is 12.5 Å². The van der Waals surface area contributed by atoms with Crippen LogP contribution in [-0.2, 0) is 0 Å². The number of rotatable bonds is 3. The van der Waals surface area contributed by atoms with Gasteiger partial charge in [0.2, 0.25) is 0 Å². The fourth-order valence-corrected chi connectivity index (χ4v) is 4.64. The zero-order valence-electron chi connectivity index (χ0n) is 16.8. The third-order valence-electron chi connectivity index (χ3n) is 6.00. The standard InChI is InChI=1S/C22H20FN7O/c1-12-8-30-11-15(7-17(23)21(30)26-12)28-22(31)16-2-3-18(20-19(16)24-4-5-25-20)29-9-13-6-14(10-29)27-13/h2-5,7-8,11,13-14,27H,6,9-10H2,1H3,(H,28,31). The SMILES string of the molecule is Cc1cn2cc(NC(=O)c3ccc(N4CC5CC(C4)N5)c4nccnc34)cc(F)c2n1. The molecule has 0 aliphatic carbocycles. The summed E-state index contributed by atoms with van der Waals surface area (Å²) in [6.45, 7) is 3.62. The van der Waals surface area contributed by atoms with Crippen molar-refractivity contribution in [2.75, 3.05) is 23.3 Å². The van der Waals surface area contributed by atoms with Gasteiger partial charge in [-0.25, -0.2) is 9.37 Å². The van der Waals surface area contributed by atoms with E-state index < -0.39 is 5.82 Å². The molecule has 2 N–H and O–H groups in total. The van der Waals surface area contributed by atoms with Crippen LogP contribution >= 0.6 is 0 Å². The summed E-state index contributed by atoms with van der Waals surface area (Å²) in [4.78, 5) is 28.5. The number of imidazole rings is 1. The first kappa shape index (κ1) is 18.2. The molecule has 8 nitrogen and oxygen atoms in total. The lowest BCUT2D eigenvalue weighted by Crippen LogP contribution is -2.67. The Morgan fingerprint density at radius 1 is 1.16 bits per heavy atom. The van der Waals surface area contributed by atoms with Gasteiger partial charge in [-0.3, -0.25) is 14.8 Å². The number of anilines is 2. The van der Waals surface area contributed by atoms with Crippen molar-refractivity contribution in [3.05, 3.63) is 60.1 Å². The predicted molar refractivity (Wildman–Crippen MR) is 115 cm³/mol. The second kappa shape index (κ2) is 6.71. The fraction of sp³-hybridized carbons (Fsp3) is 0.273. The smallest absolute Gasteiger partial charge is 0.257 e. The molecule has 0 spiro atoms. The second-order valence-corrected chi connectivity index (χ2v) is 8.23. The van der Waals surface area contributed by atoms with Crippen molar-refractivity contribution in [1.82, 2.24) is 24.7 Å². The van der Waals surface area contributed by atoms with Crippen LogP contribution < -0.4 is 15.5 Å². The lowest BCUT2D eigenvalue weighted by molar-refractivity contribution is 0.102. The molecule has 2 atom stereocenters. The normalized spacial score (nSPS) is 20.1. The van der Waals surface area contributed by atoms with Crippen LogP contribution in [0.25, 0.3) is 16.7 Å². The van der Waals surface area contributed by atoms with E-state index >= 15 is 0 Å². The molecule has 3 aliphatic heterocycles. The van der Waals surface area contributed by atoms with Crippen molar-refractivity contribution < 1.29 is 9.18 Å². The minimum Gasteiger partial charge on any atom is -0.367 e. The van der Waals surface area contributed by atoms with E-state index in [4.69, 9.17) is 0 Å². The van der Waals surface area contributed by atoms with E-state index in [2.05, 4.69) is 30.5 Å². The van der Waals surface area contributed by atoms with Gasteiger partial charge in [-0.2, -0.15) is 0 Å². The summed E-state index contributed by atoms with van der Waals surface area (Å²) < 4.78 is 16.0. The highest BCUT2D eigenvalue weighted by atomic mass is 19.1. The summed E-state index contributed by atoms with van der Waals surface area (Å²) in [6.07, 6.45) is 7.78. The van der Waals surface area contributed by atoms with Crippen molar-refractivity contribution in [2.45, 2.75) is 25.4 Å². The quantitative estimate of drug-likeness (QED) is 0.533. The Balaban J connectivity index is 1.35. The number of nitrogens with one attached hydrogen (secondary N) is 2. The number of piperazine rings is 1. The zero-order valence-corrected chi connectivity index (χ0v) is 16.8. The van der Waals surface area contributed by atoms with Gasteiger partial charge >= 0.3 is 0 Å². The minimum absolute atomic E-state index is 0.227. The van der Waals surface area contributed by atoms with Crippen LogP contribution in [0.15, 0.2) is 43.0 Å². The van der Waals surface area contributed by atoms with Gasteiger partial charge in [-0.15, -0.1) is 0 Å². The number of hydrogen-bond donors (Lipinski definition) is 2. The number of nitrogens with zero attached hydrogens (tertiary/aromatic N) is 5. The Morgan fingerprint density at radius 3 is 2.68 bits per heavy atom. The fourth-order valence-electron chi connectivity index (χ4n) is 4.64. The molecule has 3 saturated heterocycles. The van der Waals surface area contributed by atoms with E-state index in [0.717, 1.165) is 18.8 Å². The van der Waals surface area contributed by atoms with Gasteiger partial charge in [0.05, 0.1) is 22.6 Å². The van der Waals surface area contributed by atoms with Crippen LogP contribution in [0, 0.1) is 12.7 Å². The molecule has 2 bridgehead atoms. The summed E-state index contributed by atoms with van der Waals surface area (Å²) in [5, 5.41) is 6.31. The van der Waals surface area contributed by atoms with Gasteiger partial charge in [0.15, 0.2) is 11.5 Å². The average Bonchev–Trinajstić information content (AvgIpc) is 3.13. The number of aryl methyl sites for hydroxylation is 1. The predicted octanol–water partition coefficient (Wildman–Crippen LogP) is 2.53. The molecule has 4 aromatic rings. The molecule has 0 radical (unpaired) electrons. The topological polar surface area (TPSA) is 87.5 Å². The molecule has 0 saturated carbocycles. The van der Waals surface area contributed by atoms with Crippen LogP contribution in [0.5, 0.6) is 0 Å². The van der Waals surface area contributed by atoms with Crippen LogP contribution in [0.4, 0.5) is 15.8 Å². The van der Waals surface area contributed by atoms with Crippen LogP contribution in [0.1, 0.15) is 22.5 Å². The molecular formula is C22H20FN7O. The van der Waals surface area contributed by atoms with E-state index in [-0.39, 0.29) is 11.6 Å². The largest absolute Gasteiger partial charge is 0.367 e. The van der Waals surface area contributed by atoms with Gasteiger partial charge in [0.1, 0.15) is 11.0 Å². The lowest BCUT2D eigenvalue weighted by atomic mass is 9.91. The number of benzene rings is 1. The number of piperidine rings is 1. The summed E-state index contributed by atoms with van der Waals surface area (Å²) in [5.74, 6) is -0.862. The summed E-state index contributed by atoms with van der Waals surface area (Å²) in [5.41, 5.74) is 3.88. The van der Waals surface area contributed by atoms with Gasteiger partial charge in [0.25, 0.3) is 5.91 Å². The van der Waals surface area contributed by atoms with Gasteiger partial charge in [-0.1, -0.05) is 0 Å². The molecule has 6 heterocycles. The lowest BCUT2D eigenvalue weighted by Gasteiger charge is -2.49. The third kappa shape index (κ3) is 3.00. The van der Waals surface area contributed by atoms with E-state index in [1.54, 1.807) is 42.2 Å². The van der Waals surface area contributed by atoms with E-state index in [1.807, 2.05) is 6.07 Å². The monoisotopic (exact) mass is 417 g/mol. The van der Waals surface area contributed by atoms with Gasteiger partial charge < -0.3 is 19.9 Å². The molecule has 7 rings (SSSR count). The maximum atomic E-state index is 14.4. The van der Waals surface area contributed by atoms with Gasteiger partial charge in [0, 0.05) is 56.0 Å². The Labute approximate surface area is 177 Å². The summed E-state index contributed by atoms with van der Waals surface area (Å²) in [7, 11) is 0. The molecule has 1 aromatic carbocycles. The Morgan fingerprint density at radius 2 is 1.90 bits per heavy atom. The number of carbonyl (C=O) groups excluding carboxylic acids is 1. The number of amides is 1. The molecule has 3 aliphatic rings. The van der Waals surface area contributed by atoms with Crippen LogP contribution in [0.2, 0.25) is 0 Å². The zero-order chi connectivity index (χ0) is 21.1. The molecule has 9 heteroatoms. The van der Waals surface area contributed by atoms with Crippen LogP contribution in [0.3, 0.4) is 0 Å². The van der Waals surface area contributed by atoms with E-state index in [9.17, 15) is 9.18 Å². The molecule has 2 unspecified atom stereocenters. The molecule has 3 aromatic heterocycles. The van der Waals surface area contributed by atoms with E-state index in [0.29, 0.717) is 40.1 Å². The Hall–Kier alpha value is -3.59. The highest BCUT2D eigenvalue weighted by Gasteiger charge is 2.37.